The molecule has 0 spiro atoms. The van der Waals surface area contributed by atoms with Gasteiger partial charge in [0.05, 0.1) is 10.6 Å². The second-order valence-electron chi connectivity index (χ2n) is 5.58. The maximum Gasteiger partial charge on any atom is 0.182 e. The normalized spacial score (nSPS) is 11.4. The molecule has 0 aliphatic carbocycles. The van der Waals surface area contributed by atoms with E-state index in [0.717, 1.165) is 5.56 Å². The van der Waals surface area contributed by atoms with Crippen molar-refractivity contribution in [3.05, 3.63) is 96.1 Å². The summed E-state index contributed by atoms with van der Waals surface area (Å²) in [7, 11) is -3.35. The standard InChI is InChI=1S/C19H17FNO2S/c20-18-6-4-5-17(13-18)14-21-11-9-16(10-12-21)15-24(22,23)19-7-2-1-3-8-19/h1-13H,14-15H2/q+1. The Labute approximate surface area is 140 Å². The van der Waals surface area contributed by atoms with Crippen molar-refractivity contribution in [1.82, 2.24) is 0 Å². The zero-order valence-corrected chi connectivity index (χ0v) is 13.8. The minimum Gasteiger partial charge on any atom is -0.223 e. The van der Waals surface area contributed by atoms with Gasteiger partial charge in [0.15, 0.2) is 28.8 Å². The van der Waals surface area contributed by atoms with Crippen molar-refractivity contribution < 1.29 is 17.4 Å². The fraction of sp³-hybridized carbons (Fsp3) is 0.105. The third-order valence-electron chi connectivity index (χ3n) is 3.67. The monoisotopic (exact) mass is 342 g/mol. The smallest absolute Gasteiger partial charge is 0.182 e. The molecule has 1 heterocycles. The Hall–Kier alpha value is -2.53. The van der Waals surface area contributed by atoms with E-state index in [1.54, 1.807) is 60.9 Å². The second-order valence-corrected chi connectivity index (χ2v) is 7.57. The zero-order valence-electron chi connectivity index (χ0n) is 13.0. The first-order chi connectivity index (χ1) is 11.5. The Morgan fingerprint density at radius 1 is 0.833 bits per heavy atom. The summed E-state index contributed by atoms with van der Waals surface area (Å²) in [6.07, 6.45) is 3.61. The minimum atomic E-state index is -3.35. The quantitative estimate of drug-likeness (QED) is 0.668. The van der Waals surface area contributed by atoms with E-state index >= 15 is 0 Å². The number of aromatic nitrogens is 1. The van der Waals surface area contributed by atoms with Crippen LogP contribution in [0.3, 0.4) is 0 Å². The molecule has 0 fully saturated rings. The molecule has 2 aromatic carbocycles. The molecule has 122 valence electrons. The molecule has 1 aromatic heterocycles. The Morgan fingerprint density at radius 2 is 1.54 bits per heavy atom. The minimum absolute atomic E-state index is 0.0438. The van der Waals surface area contributed by atoms with Crippen LogP contribution in [0.5, 0.6) is 0 Å². The van der Waals surface area contributed by atoms with Gasteiger partial charge in [-0.15, -0.1) is 0 Å². The van der Waals surface area contributed by atoms with Crippen molar-refractivity contribution >= 4 is 9.84 Å². The average Bonchev–Trinajstić information content (AvgIpc) is 2.57. The number of hydrogen-bond acceptors (Lipinski definition) is 2. The lowest BCUT2D eigenvalue weighted by atomic mass is 10.2. The number of sulfone groups is 1. The van der Waals surface area contributed by atoms with Crippen LogP contribution >= 0.6 is 0 Å². The van der Waals surface area contributed by atoms with Crippen LogP contribution in [0.1, 0.15) is 11.1 Å². The molecule has 0 saturated heterocycles. The largest absolute Gasteiger partial charge is 0.223 e. The van der Waals surface area contributed by atoms with E-state index in [1.165, 1.54) is 12.1 Å². The third-order valence-corrected chi connectivity index (χ3v) is 5.38. The highest BCUT2D eigenvalue weighted by Gasteiger charge is 2.15. The second kappa shape index (κ2) is 6.93. The van der Waals surface area contributed by atoms with Crippen LogP contribution in [0.25, 0.3) is 0 Å². The molecule has 3 aromatic rings. The van der Waals surface area contributed by atoms with E-state index in [0.29, 0.717) is 17.0 Å². The van der Waals surface area contributed by atoms with Gasteiger partial charge in [-0.2, -0.15) is 0 Å². The van der Waals surface area contributed by atoms with Crippen molar-refractivity contribution in [2.24, 2.45) is 0 Å². The van der Waals surface area contributed by atoms with E-state index < -0.39 is 9.84 Å². The lowest BCUT2D eigenvalue weighted by Gasteiger charge is -2.04. The van der Waals surface area contributed by atoms with Gasteiger partial charge in [0, 0.05) is 17.7 Å². The Morgan fingerprint density at radius 3 is 2.21 bits per heavy atom. The molecule has 0 aliphatic rings. The first-order valence-electron chi connectivity index (χ1n) is 7.53. The van der Waals surface area contributed by atoms with Gasteiger partial charge in [-0.25, -0.2) is 17.4 Å². The Kier molecular flexibility index (Phi) is 4.71. The number of pyridine rings is 1. The highest BCUT2D eigenvalue weighted by atomic mass is 32.2. The molecule has 0 N–H and O–H groups in total. The summed E-state index contributed by atoms with van der Waals surface area (Å²) in [5.74, 6) is -0.309. The fourth-order valence-electron chi connectivity index (χ4n) is 2.47. The van der Waals surface area contributed by atoms with E-state index in [4.69, 9.17) is 0 Å². The first-order valence-corrected chi connectivity index (χ1v) is 9.18. The van der Waals surface area contributed by atoms with Crippen LogP contribution in [-0.4, -0.2) is 8.42 Å². The molecule has 0 atom stereocenters. The first kappa shape index (κ1) is 16.3. The number of halogens is 1. The van der Waals surface area contributed by atoms with Gasteiger partial charge < -0.3 is 0 Å². The molecule has 0 unspecified atom stereocenters. The summed E-state index contributed by atoms with van der Waals surface area (Å²) in [4.78, 5) is 0.321. The molecule has 0 saturated carbocycles. The van der Waals surface area contributed by atoms with Gasteiger partial charge in [0.2, 0.25) is 0 Å². The fourth-order valence-corrected chi connectivity index (χ4v) is 3.84. The molecular formula is C19H17FNO2S+. The van der Waals surface area contributed by atoms with Gasteiger partial charge in [-0.3, -0.25) is 0 Å². The molecule has 3 nitrogen and oxygen atoms in total. The number of hydrogen-bond donors (Lipinski definition) is 0. The van der Waals surface area contributed by atoms with Crippen LogP contribution in [0.15, 0.2) is 84.0 Å². The maximum atomic E-state index is 13.2. The van der Waals surface area contributed by atoms with Crippen LogP contribution in [-0.2, 0) is 22.1 Å². The predicted molar refractivity (Wildman–Crippen MR) is 89.5 cm³/mol. The maximum absolute atomic E-state index is 13.2. The third kappa shape index (κ3) is 4.06. The summed E-state index contributed by atoms with van der Waals surface area (Å²) in [6.45, 7) is 0.531. The van der Waals surface area contributed by atoms with Crippen LogP contribution in [0.2, 0.25) is 0 Å². The highest BCUT2D eigenvalue weighted by molar-refractivity contribution is 7.90. The number of nitrogens with zero attached hydrogens (tertiary/aromatic N) is 1. The summed E-state index contributed by atoms with van der Waals surface area (Å²) >= 11 is 0. The van der Waals surface area contributed by atoms with E-state index in [2.05, 4.69) is 0 Å². The van der Waals surface area contributed by atoms with Crippen molar-refractivity contribution in [2.75, 3.05) is 0 Å². The van der Waals surface area contributed by atoms with E-state index in [9.17, 15) is 12.8 Å². The molecule has 0 aliphatic heterocycles. The van der Waals surface area contributed by atoms with Crippen LogP contribution < -0.4 is 4.57 Å². The van der Waals surface area contributed by atoms with Crippen molar-refractivity contribution in [2.45, 2.75) is 17.2 Å². The van der Waals surface area contributed by atoms with E-state index in [1.807, 2.05) is 10.6 Å². The average molecular weight is 342 g/mol. The van der Waals surface area contributed by atoms with Gasteiger partial charge in [0.1, 0.15) is 5.82 Å². The summed E-state index contributed by atoms with van der Waals surface area (Å²) < 4.78 is 39.8. The van der Waals surface area contributed by atoms with Crippen molar-refractivity contribution in [3.63, 3.8) is 0 Å². The predicted octanol–water partition coefficient (Wildman–Crippen LogP) is 3.14. The van der Waals surface area contributed by atoms with Gasteiger partial charge in [-0.05, 0) is 29.8 Å². The van der Waals surface area contributed by atoms with E-state index in [-0.39, 0.29) is 11.6 Å². The molecule has 0 amide bonds. The lowest BCUT2D eigenvalue weighted by molar-refractivity contribution is -0.688. The molecular weight excluding hydrogens is 325 g/mol. The topological polar surface area (TPSA) is 38.0 Å². The SMILES string of the molecule is O=S(=O)(Cc1cc[n+](Cc2cccc(F)c2)cc1)c1ccccc1. The van der Waals surface area contributed by atoms with Gasteiger partial charge >= 0.3 is 0 Å². The number of rotatable bonds is 5. The van der Waals surface area contributed by atoms with Crippen molar-refractivity contribution in [3.8, 4) is 0 Å². The van der Waals surface area contributed by atoms with Crippen LogP contribution in [0.4, 0.5) is 4.39 Å². The summed E-state index contributed by atoms with van der Waals surface area (Å²) in [5.41, 5.74) is 1.57. The number of benzene rings is 2. The zero-order chi connectivity index (χ0) is 17.0. The molecule has 3 rings (SSSR count). The molecule has 24 heavy (non-hydrogen) atoms. The van der Waals surface area contributed by atoms with Gasteiger partial charge in [-0.1, -0.05) is 30.3 Å². The highest BCUT2D eigenvalue weighted by Crippen LogP contribution is 2.15. The molecule has 0 bridgehead atoms. The van der Waals surface area contributed by atoms with Crippen LogP contribution in [0, 0.1) is 5.82 Å². The summed E-state index contributed by atoms with van der Waals surface area (Å²) in [5, 5.41) is 0. The Bertz CT molecular complexity index is 923. The molecule has 5 heteroatoms. The van der Waals surface area contributed by atoms with Crippen molar-refractivity contribution in [1.29, 1.82) is 0 Å². The Balaban J connectivity index is 1.73. The van der Waals surface area contributed by atoms with Gasteiger partial charge in [0.25, 0.3) is 0 Å². The molecule has 0 radical (unpaired) electrons. The lowest BCUT2D eigenvalue weighted by Crippen LogP contribution is -2.33. The summed E-state index contributed by atoms with van der Waals surface area (Å²) in [6, 6.07) is 18.4.